The van der Waals surface area contributed by atoms with E-state index < -0.39 is 112 Å². The van der Waals surface area contributed by atoms with Gasteiger partial charge in [-0.05, 0) is 73.0 Å². The first-order valence-electron chi connectivity index (χ1n) is 21.2. The van der Waals surface area contributed by atoms with E-state index in [4.69, 9.17) is 42.6 Å². The molecule has 2 aliphatic heterocycles. The zero-order chi connectivity index (χ0) is 47.5. The summed E-state index contributed by atoms with van der Waals surface area (Å²) in [5.41, 5.74) is -6.99. The van der Waals surface area contributed by atoms with Crippen LogP contribution in [0.4, 0.5) is 4.79 Å². The monoisotopic (exact) mass is 909 g/mol. The lowest BCUT2D eigenvalue weighted by atomic mass is 9.44. The zero-order valence-corrected chi connectivity index (χ0v) is 37.0. The lowest BCUT2D eigenvalue weighted by Gasteiger charge is -2.67. The van der Waals surface area contributed by atoms with Crippen LogP contribution in [0.25, 0.3) is 6.08 Å². The van der Waals surface area contributed by atoms with Crippen molar-refractivity contribution in [2.24, 2.45) is 16.7 Å². The minimum Gasteiger partial charge on any atom is -0.458 e. The number of carbonyl (C=O) groups excluding carboxylic acids is 8. The molecule has 0 unspecified atom stereocenters. The number of hydrogen-bond acceptors (Lipinski definition) is 17. The van der Waals surface area contributed by atoms with E-state index in [0.717, 1.165) is 26.8 Å². The van der Waals surface area contributed by atoms with E-state index in [1.807, 2.05) is 0 Å². The van der Waals surface area contributed by atoms with Gasteiger partial charge in [0.2, 0.25) is 5.60 Å². The van der Waals surface area contributed by atoms with Crippen molar-refractivity contribution < 1.29 is 81.0 Å². The Hall–Kier alpha value is -7.08. The van der Waals surface area contributed by atoms with Crippen LogP contribution in [0.1, 0.15) is 81.3 Å². The molecule has 2 aromatic carbocycles. The van der Waals surface area contributed by atoms with Crippen molar-refractivity contribution in [2.75, 3.05) is 6.61 Å². The first-order valence-corrected chi connectivity index (χ1v) is 21.2. The van der Waals surface area contributed by atoms with Gasteiger partial charge in [0.15, 0.2) is 35.8 Å². The molecule has 0 amide bonds. The zero-order valence-electron chi connectivity index (χ0n) is 37.0. The van der Waals surface area contributed by atoms with Gasteiger partial charge in [0.05, 0.1) is 23.5 Å². The molecule has 3 heterocycles. The maximum absolute atomic E-state index is 16.0. The fraction of sp³-hybridized carbons (Fsp3) is 0.417. The Balaban J connectivity index is 1.29. The highest BCUT2D eigenvalue weighted by Gasteiger charge is 2.83. The van der Waals surface area contributed by atoms with Crippen molar-refractivity contribution in [3.05, 3.63) is 107 Å². The summed E-state index contributed by atoms with van der Waals surface area (Å²) >= 11 is 0. The summed E-state index contributed by atoms with van der Waals surface area (Å²) in [5, 5.41) is 0. The molecule has 1 spiro atoms. The Kier molecular flexibility index (Phi) is 11.5. The lowest BCUT2D eigenvalue weighted by Crippen LogP contribution is -2.83. The topological polar surface area (TPSA) is 235 Å². The predicted octanol–water partition coefficient (Wildman–Crippen LogP) is 5.19. The average molecular weight is 910 g/mol. The fourth-order valence-electron chi connectivity index (χ4n) is 10.7. The Morgan fingerprint density at radius 1 is 0.803 bits per heavy atom. The highest BCUT2D eigenvalue weighted by molar-refractivity contribution is 5.97. The number of esters is 6. The van der Waals surface area contributed by atoms with Crippen molar-refractivity contribution in [1.82, 2.24) is 4.98 Å². The molecule has 8 rings (SSSR count). The van der Waals surface area contributed by atoms with Gasteiger partial charge in [0.25, 0.3) is 0 Å². The molecule has 18 heteroatoms. The number of aromatic nitrogens is 1. The summed E-state index contributed by atoms with van der Waals surface area (Å²) in [5.74, 6) is -7.34. The second-order valence-corrected chi connectivity index (χ2v) is 17.6. The number of Topliss-reactive ketones (excluding diaryl/α,β-unsaturated/α-hetero) is 1. The molecule has 18 nitrogen and oxygen atoms in total. The van der Waals surface area contributed by atoms with Gasteiger partial charge in [0.1, 0.15) is 23.7 Å². The molecule has 5 aliphatic rings. The van der Waals surface area contributed by atoms with E-state index in [1.165, 1.54) is 44.2 Å². The number of aromatic amines is 1. The summed E-state index contributed by atoms with van der Waals surface area (Å²) in [6, 6.07) is 17.2. The van der Waals surface area contributed by atoms with Gasteiger partial charge in [-0.2, -0.15) is 0 Å². The highest BCUT2D eigenvalue weighted by atomic mass is 16.8. The molecule has 346 valence electrons. The van der Waals surface area contributed by atoms with Gasteiger partial charge >= 0.3 is 42.0 Å². The van der Waals surface area contributed by atoms with Crippen LogP contribution < -0.4 is 4.74 Å². The third kappa shape index (κ3) is 7.32. The molecule has 2 saturated heterocycles. The number of H-pyrrole nitrogens is 1. The normalized spacial score (nSPS) is 31.5. The number of fused-ring (bicyclic) bond motifs is 4. The summed E-state index contributed by atoms with van der Waals surface area (Å²) in [7, 11) is 0. The minimum atomic E-state index is -2.27. The molecule has 3 aliphatic carbocycles. The van der Waals surface area contributed by atoms with Gasteiger partial charge in [-0.25, -0.2) is 19.2 Å². The Morgan fingerprint density at radius 2 is 1.50 bits per heavy atom. The molecule has 1 N–H and O–H groups in total. The third-order valence-corrected chi connectivity index (χ3v) is 13.5. The van der Waals surface area contributed by atoms with Crippen LogP contribution in [-0.2, 0) is 61.9 Å². The van der Waals surface area contributed by atoms with Crippen LogP contribution in [0.15, 0.2) is 90.1 Å². The molecule has 66 heavy (non-hydrogen) atoms. The molecule has 4 fully saturated rings. The van der Waals surface area contributed by atoms with Crippen LogP contribution in [0.5, 0.6) is 5.75 Å². The SMILES string of the molecule is CC(=O)O[C@H]1C(=O)[C@]2(C)[C@@H](OC(=O)/C=C/c3ccc(OC(=O)c4ccc[nH]4)cc3)C[C@H]3OC[C@@]3(OC(C)=O)[C@H]2[C@H](OC(=O)c2ccccc2)[C@]23OC(=O)O[C@H]2[C@H](OC(C)=O)C(C)=C1C3(C)C. The number of rotatable bonds is 10. The minimum absolute atomic E-state index is 0.0319. The van der Waals surface area contributed by atoms with Crippen molar-refractivity contribution in [2.45, 2.75) is 103 Å². The predicted molar refractivity (Wildman–Crippen MR) is 224 cm³/mol. The maximum atomic E-state index is 16.0. The van der Waals surface area contributed by atoms with Crippen LogP contribution in [0.3, 0.4) is 0 Å². The van der Waals surface area contributed by atoms with E-state index in [-0.39, 0.29) is 41.2 Å². The summed E-state index contributed by atoms with van der Waals surface area (Å²) in [6.45, 7) is 9.08. The van der Waals surface area contributed by atoms with Crippen LogP contribution in [0.2, 0.25) is 0 Å². The molecule has 10 atom stereocenters. The van der Waals surface area contributed by atoms with E-state index in [9.17, 15) is 33.6 Å². The molecule has 2 saturated carbocycles. The van der Waals surface area contributed by atoms with Gasteiger partial charge in [-0.3, -0.25) is 19.2 Å². The van der Waals surface area contributed by atoms with Gasteiger partial charge in [-0.15, -0.1) is 0 Å². The van der Waals surface area contributed by atoms with Gasteiger partial charge in [-0.1, -0.05) is 44.2 Å². The van der Waals surface area contributed by atoms with Crippen molar-refractivity contribution >= 4 is 53.8 Å². The van der Waals surface area contributed by atoms with Gasteiger partial charge in [0, 0.05) is 44.9 Å². The van der Waals surface area contributed by atoms with Crippen LogP contribution in [0, 0.1) is 16.7 Å². The molecule has 1 aromatic heterocycles. The van der Waals surface area contributed by atoms with Crippen molar-refractivity contribution in [1.29, 1.82) is 0 Å². The van der Waals surface area contributed by atoms with E-state index in [0.29, 0.717) is 5.56 Å². The van der Waals surface area contributed by atoms with Crippen molar-refractivity contribution in [3.8, 4) is 5.75 Å². The van der Waals surface area contributed by atoms with E-state index >= 15 is 4.79 Å². The van der Waals surface area contributed by atoms with Crippen LogP contribution >= 0.6 is 0 Å². The highest BCUT2D eigenvalue weighted by Crippen LogP contribution is 2.67. The lowest BCUT2D eigenvalue weighted by molar-refractivity contribution is -0.346. The second kappa shape index (κ2) is 16.7. The fourth-order valence-corrected chi connectivity index (χ4v) is 10.7. The summed E-state index contributed by atoms with van der Waals surface area (Å²) < 4.78 is 54.6. The summed E-state index contributed by atoms with van der Waals surface area (Å²) in [4.78, 5) is 113. The Labute approximate surface area is 377 Å². The Morgan fingerprint density at radius 3 is 2.11 bits per heavy atom. The number of nitrogens with one attached hydrogen (secondary N) is 1. The first kappa shape index (κ1) is 45.5. The standard InChI is InChI=1S/C48H47NO17/c1-24-35-37(60-26(3)51)39(54)46(7)32(62-34(53)20-17-28-15-18-30(19-16-28)61-43(56)31-14-11-21-49-31)22-33-47(23-58-33,65-27(4)52)38(46)41(63-42(55)29-12-9-8-10-13-29)48(45(35,5)6)40(64-44(57)66-48)36(24)59-25(2)50/h8-21,32-33,36-38,40-41,49H,22-23H2,1-7H3/b20-17+/t32-,33+,36+,37+,38-,40-,41-,46+,47-,48+/m0/s1. The maximum Gasteiger partial charge on any atom is 0.509 e. The third-order valence-electron chi connectivity index (χ3n) is 13.5. The van der Waals surface area contributed by atoms with Gasteiger partial charge < -0.3 is 47.6 Å². The molecule has 2 bridgehead atoms. The largest absolute Gasteiger partial charge is 0.509 e. The molecular formula is C48H47NO17. The van der Waals surface area contributed by atoms with Crippen molar-refractivity contribution in [3.63, 3.8) is 0 Å². The quantitative estimate of drug-likeness (QED) is 0.0906. The first-order chi connectivity index (χ1) is 31.2. The van der Waals surface area contributed by atoms with E-state index in [2.05, 4.69) is 4.98 Å². The molecule has 3 aromatic rings. The molecular weight excluding hydrogens is 863 g/mol. The summed E-state index contributed by atoms with van der Waals surface area (Å²) in [6.07, 6.45) is -6.84. The number of benzene rings is 2. The second-order valence-electron chi connectivity index (χ2n) is 17.6. The number of hydrogen-bond donors (Lipinski definition) is 1. The number of ether oxygens (including phenoxy) is 9. The average Bonchev–Trinajstić information content (AvgIpc) is 3.93. The smallest absolute Gasteiger partial charge is 0.458 e. The van der Waals surface area contributed by atoms with E-state index in [1.54, 1.807) is 62.5 Å². The van der Waals surface area contributed by atoms with Crippen LogP contribution in [-0.4, -0.2) is 107 Å². The number of carbonyl (C=O) groups is 8. The number of ketones is 1. The molecule has 0 radical (unpaired) electrons. The Bertz CT molecular complexity index is 2560.